The van der Waals surface area contributed by atoms with Gasteiger partial charge in [-0.3, -0.25) is 0 Å². The lowest BCUT2D eigenvalue weighted by atomic mass is 10.2. The Morgan fingerprint density at radius 2 is 2.00 bits per heavy atom. The van der Waals surface area contributed by atoms with Crippen molar-refractivity contribution in [1.29, 1.82) is 0 Å². The lowest BCUT2D eigenvalue weighted by Gasteiger charge is -2.14. The van der Waals surface area contributed by atoms with Gasteiger partial charge in [-0.05, 0) is 0 Å². The van der Waals surface area contributed by atoms with Crippen molar-refractivity contribution in [3.63, 3.8) is 0 Å². The molecule has 0 aromatic carbocycles. The minimum Gasteiger partial charge on any atom is -0.438 e. The Bertz CT molecular complexity index is 136. The molecule has 0 amide bonds. The number of ether oxygens (including phenoxy) is 2. The molecule has 12 heavy (non-hydrogen) atoms. The number of carbonyl (C=O) groups is 1. The van der Waals surface area contributed by atoms with E-state index in [1.165, 1.54) is 0 Å². The number of aliphatic hydroxyl groups excluding tert-OH is 3. The van der Waals surface area contributed by atoms with Crippen LogP contribution in [0.2, 0.25) is 0 Å². The maximum absolute atomic E-state index is 10.3. The smallest absolute Gasteiger partial charge is 0.438 e. The van der Waals surface area contributed by atoms with E-state index in [0.29, 0.717) is 0 Å². The van der Waals surface area contributed by atoms with E-state index in [2.05, 4.69) is 9.47 Å². The van der Waals surface area contributed by atoms with E-state index in [4.69, 9.17) is 15.3 Å². The van der Waals surface area contributed by atoms with E-state index in [1.807, 2.05) is 0 Å². The van der Waals surface area contributed by atoms with Crippen molar-refractivity contribution >= 4 is 6.16 Å². The highest BCUT2D eigenvalue weighted by atomic mass is 16.7. The van der Waals surface area contributed by atoms with E-state index in [0.717, 1.165) is 7.11 Å². The molecular weight excluding hydrogens is 168 g/mol. The Balaban J connectivity index is 3.56. The van der Waals surface area contributed by atoms with Crippen LogP contribution in [0.3, 0.4) is 0 Å². The van der Waals surface area contributed by atoms with Crippen LogP contribution in [0.15, 0.2) is 0 Å². The molecule has 0 fully saturated rings. The van der Waals surface area contributed by atoms with Gasteiger partial charge >= 0.3 is 6.16 Å². The first kappa shape index (κ1) is 11.2. The Labute approximate surface area is 69.3 Å². The van der Waals surface area contributed by atoms with E-state index in [-0.39, 0.29) is 0 Å². The molecule has 2 unspecified atom stereocenters. The molecular formula is C6H12O6. The van der Waals surface area contributed by atoms with E-state index >= 15 is 0 Å². The predicted molar refractivity (Wildman–Crippen MR) is 37.5 cm³/mol. The Hall–Kier alpha value is -0.850. The van der Waals surface area contributed by atoms with E-state index in [1.54, 1.807) is 0 Å². The lowest BCUT2D eigenvalue weighted by molar-refractivity contribution is -0.0502. The highest BCUT2D eigenvalue weighted by molar-refractivity contribution is 5.59. The number of hydrogen-bond acceptors (Lipinski definition) is 6. The Morgan fingerprint density at radius 1 is 1.42 bits per heavy atom. The zero-order chi connectivity index (χ0) is 9.56. The third kappa shape index (κ3) is 4.12. The van der Waals surface area contributed by atoms with Crippen molar-refractivity contribution in [1.82, 2.24) is 0 Å². The summed E-state index contributed by atoms with van der Waals surface area (Å²) in [6.07, 6.45) is -3.55. The summed E-state index contributed by atoms with van der Waals surface area (Å²) in [5.41, 5.74) is 0. The van der Waals surface area contributed by atoms with Gasteiger partial charge in [-0.2, -0.15) is 0 Å². The maximum atomic E-state index is 10.3. The summed E-state index contributed by atoms with van der Waals surface area (Å²) in [5.74, 6) is 0. The van der Waals surface area contributed by atoms with Gasteiger partial charge in [-0.25, -0.2) is 4.79 Å². The third-order valence-corrected chi connectivity index (χ3v) is 1.17. The number of rotatable bonds is 4. The monoisotopic (exact) mass is 180 g/mol. The second-order valence-corrected chi connectivity index (χ2v) is 2.08. The standard InChI is InChI=1S/C6H12O6/c1-11-6(10)12-3-5(9)4(8)2-7/h4-5,7-9H,2-3H2,1H3. The average molecular weight is 180 g/mol. The molecule has 0 radical (unpaired) electrons. The van der Waals surface area contributed by atoms with Gasteiger partial charge in [0.25, 0.3) is 0 Å². The zero-order valence-corrected chi connectivity index (χ0v) is 6.64. The summed E-state index contributed by atoms with van der Waals surface area (Å²) in [6, 6.07) is 0. The second kappa shape index (κ2) is 5.76. The van der Waals surface area contributed by atoms with Crippen LogP contribution in [0, 0.1) is 0 Å². The summed E-state index contributed by atoms with van der Waals surface area (Å²) < 4.78 is 8.39. The van der Waals surface area contributed by atoms with Crippen molar-refractivity contribution in [3.8, 4) is 0 Å². The minimum absolute atomic E-state index is 0.408. The molecule has 0 saturated carbocycles. The Kier molecular flexibility index (Phi) is 5.35. The number of aliphatic hydroxyl groups is 3. The van der Waals surface area contributed by atoms with Gasteiger partial charge in [-0.1, -0.05) is 0 Å². The van der Waals surface area contributed by atoms with Crippen LogP contribution in [0.4, 0.5) is 4.79 Å². The molecule has 0 aromatic rings. The van der Waals surface area contributed by atoms with Crippen LogP contribution in [0.25, 0.3) is 0 Å². The molecule has 0 spiro atoms. The first-order chi connectivity index (χ1) is 5.61. The molecule has 0 heterocycles. The van der Waals surface area contributed by atoms with E-state index < -0.39 is 31.6 Å². The van der Waals surface area contributed by atoms with Crippen LogP contribution in [-0.4, -0.2) is 54.0 Å². The minimum atomic E-state index is -1.31. The fraction of sp³-hybridized carbons (Fsp3) is 0.833. The van der Waals surface area contributed by atoms with Crippen LogP contribution in [0.5, 0.6) is 0 Å². The van der Waals surface area contributed by atoms with Gasteiger partial charge in [0, 0.05) is 0 Å². The maximum Gasteiger partial charge on any atom is 0.508 e. The second-order valence-electron chi connectivity index (χ2n) is 2.08. The first-order valence-electron chi connectivity index (χ1n) is 3.29. The van der Waals surface area contributed by atoms with Crippen LogP contribution >= 0.6 is 0 Å². The third-order valence-electron chi connectivity index (χ3n) is 1.17. The van der Waals surface area contributed by atoms with E-state index in [9.17, 15) is 4.79 Å². The number of carbonyl (C=O) groups excluding carboxylic acids is 1. The van der Waals surface area contributed by atoms with Crippen LogP contribution in [0.1, 0.15) is 0 Å². The summed E-state index contributed by atoms with van der Waals surface area (Å²) in [4.78, 5) is 10.3. The highest BCUT2D eigenvalue weighted by Gasteiger charge is 2.17. The van der Waals surface area contributed by atoms with Gasteiger partial charge < -0.3 is 24.8 Å². The fourth-order valence-corrected chi connectivity index (χ4v) is 0.445. The van der Waals surface area contributed by atoms with Crippen molar-refractivity contribution in [2.24, 2.45) is 0 Å². The molecule has 2 atom stereocenters. The summed E-state index contributed by atoms with van der Waals surface area (Å²) in [7, 11) is 1.12. The molecule has 0 rings (SSSR count). The van der Waals surface area contributed by atoms with Gasteiger partial charge in [0.05, 0.1) is 13.7 Å². The topological polar surface area (TPSA) is 96.2 Å². The van der Waals surface area contributed by atoms with Crippen molar-refractivity contribution in [3.05, 3.63) is 0 Å². The number of hydrogen-bond donors (Lipinski definition) is 3. The predicted octanol–water partition coefficient (Wildman–Crippen LogP) is -1.52. The van der Waals surface area contributed by atoms with Crippen molar-refractivity contribution < 1.29 is 29.6 Å². The first-order valence-corrected chi connectivity index (χ1v) is 3.29. The molecule has 3 N–H and O–H groups in total. The summed E-state index contributed by atoms with van der Waals surface area (Å²) >= 11 is 0. The lowest BCUT2D eigenvalue weighted by Crippen LogP contribution is -2.34. The molecule has 0 saturated heterocycles. The molecule has 72 valence electrons. The van der Waals surface area contributed by atoms with Crippen LogP contribution < -0.4 is 0 Å². The molecule has 0 aromatic heterocycles. The molecule has 6 nitrogen and oxygen atoms in total. The van der Waals surface area contributed by atoms with Gasteiger partial charge in [0.15, 0.2) is 0 Å². The normalized spacial score (nSPS) is 15.0. The average Bonchev–Trinajstić information content (AvgIpc) is 2.11. The fourth-order valence-electron chi connectivity index (χ4n) is 0.445. The van der Waals surface area contributed by atoms with Crippen molar-refractivity contribution in [2.45, 2.75) is 12.2 Å². The highest BCUT2D eigenvalue weighted by Crippen LogP contribution is 1.94. The Morgan fingerprint density at radius 3 is 2.42 bits per heavy atom. The molecule has 0 aliphatic heterocycles. The SMILES string of the molecule is COC(=O)OCC(O)C(O)CO. The van der Waals surface area contributed by atoms with Crippen LogP contribution in [-0.2, 0) is 9.47 Å². The quantitative estimate of drug-likeness (QED) is 0.455. The molecule has 0 aliphatic carbocycles. The molecule has 0 bridgehead atoms. The van der Waals surface area contributed by atoms with Crippen molar-refractivity contribution in [2.75, 3.05) is 20.3 Å². The zero-order valence-electron chi connectivity index (χ0n) is 6.64. The largest absolute Gasteiger partial charge is 0.508 e. The van der Waals surface area contributed by atoms with Gasteiger partial charge in [0.2, 0.25) is 0 Å². The number of methoxy groups -OCH3 is 1. The molecule has 6 heteroatoms. The van der Waals surface area contributed by atoms with Gasteiger partial charge in [0.1, 0.15) is 18.8 Å². The van der Waals surface area contributed by atoms with Gasteiger partial charge in [-0.15, -0.1) is 0 Å². The summed E-state index contributed by atoms with van der Waals surface area (Å²) in [5, 5.41) is 26.0. The molecule has 0 aliphatic rings. The summed E-state index contributed by atoms with van der Waals surface area (Å²) in [6.45, 7) is -1.000.